The molecule has 0 saturated carbocycles. The van der Waals surface area contributed by atoms with Crippen LogP contribution in [0.15, 0.2) is 33.9 Å². The number of aromatic nitrogens is 2. The predicted octanol–water partition coefficient (Wildman–Crippen LogP) is 3.92. The summed E-state index contributed by atoms with van der Waals surface area (Å²) in [5, 5.41) is 10.1. The predicted molar refractivity (Wildman–Crippen MR) is 104 cm³/mol. The number of amides is 1. The Morgan fingerprint density at radius 3 is 2.36 bits per heavy atom. The van der Waals surface area contributed by atoms with Crippen molar-refractivity contribution in [2.45, 2.75) is 57.2 Å². The molecule has 0 aliphatic carbocycles. The standard InChI is InChI=1S/C18H24ClN3O5S/c1-11(2)14(20-16(23)27-18(3,4)5)15-21-22-17(26-15)28(24,25)10-12-6-8-13(19)9-7-12/h6-9,11,14H,10H2,1-5H3,(H,20,23)/t14-/m1/s1. The van der Waals surface area contributed by atoms with Gasteiger partial charge >= 0.3 is 11.3 Å². The second kappa shape index (κ2) is 8.48. The summed E-state index contributed by atoms with van der Waals surface area (Å²) in [5.41, 5.74) is -0.135. The van der Waals surface area contributed by atoms with E-state index in [2.05, 4.69) is 15.5 Å². The van der Waals surface area contributed by atoms with Crippen LogP contribution in [0.4, 0.5) is 4.79 Å². The molecule has 0 fully saturated rings. The Hall–Kier alpha value is -2.13. The number of carbonyl (C=O) groups excluding carboxylic acids is 1. The first kappa shape index (κ1) is 22.2. The zero-order chi connectivity index (χ0) is 21.1. The molecule has 0 aliphatic heterocycles. The van der Waals surface area contributed by atoms with Gasteiger partial charge in [-0.1, -0.05) is 42.7 Å². The van der Waals surface area contributed by atoms with Crippen LogP contribution in [0.25, 0.3) is 0 Å². The fourth-order valence-electron chi connectivity index (χ4n) is 2.28. The van der Waals surface area contributed by atoms with Crippen molar-refractivity contribution in [2.24, 2.45) is 5.92 Å². The minimum Gasteiger partial charge on any atom is -0.444 e. The second-order valence-corrected chi connectivity index (χ2v) is 9.96. The number of alkyl carbamates (subject to hydrolysis) is 1. The SMILES string of the molecule is CC(C)[C@@H](NC(=O)OC(C)(C)C)c1nnc(S(=O)(=O)Cc2ccc(Cl)cc2)o1. The minimum absolute atomic E-state index is 0.00413. The zero-order valence-electron chi connectivity index (χ0n) is 16.4. The van der Waals surface area contributed by atoms with E-state index in [1.807, 2.05) is 13.8 Å². The molecule has 0 bridgehead atoms. The van der Waals surface area contributed by atoms with Crippen molar-refractivity contribution in [3.63, 3.8) is 0 Å². The average molecular weight is 430 g/mol. The largest absolute Gasteiger partial charge is 0.444 e. The van der Waals surface area contributed by atoms with E-state index in [-0.39, 0.29) is 17.6 Å². The van der Waals surface area contributed by atoms with Gasteiger partial charge in [0.05, 0.1) is 5.75 Å². The lowest BCUT2D eigenvalue weighted by molar-refractivity contribution is 0.0477. The molecule has 1 N–H and O–H groups in total. The third-order valence-corrected chi connectivity index (χ3v) is 5.23. The maximum absolute atomic E-state index is 12.6. The van der Waals surface area contributed by atoms with Gasteiger partial charge in [0.15, 0.2) is 0 Å². The lowest BCUT2D eigenvalue weighted by Crippen LogP contribution is -2.37. The summed E-state index contributed by atoms with van der Waals surface area (Å²) in [4.78, 5) is 12.1. The molecule has 2 rings (SSSR count). The highest BCUT2D eigenvalue weighted by molar-refractivity contribution is 7.90. The van der Waals surface area contributed by atoms with E-state index in [0.29, 0.717) is 10.6 Å². The Balaban J connectivity index is 2.19. The molecule has 0 radical (unpaired) electrons. The highest BCUT2D eigenvalue weighted by Crippen LogP contribution is 2.24. The fourth-order valence-corrected chi connectivity index (χ4v) is 3.54. The van der Waals surface area contributed by atoms with Gasteiger partial charge in [0.2, 0.25) is 15.7 Å². The van der Waals surface area contributed by atoms with Crippen LogP contribution in [0, 0.1) is 5.92 Å². The van der Waals surface area contributed by atoms with Crippen LogP contribution in [0.3, 0.4) is 0 Å². The molecule has 1 aromatic heterocycles. The Labute approximate surface area is 169 Å². The van der Waals surface area contributed by atoms with Gasteiger partial charge in [-0.15, -0.1) is 5.10 Å². The van der Waals surface area contributed by atoms with Gasteiger partial charge in [-0.05, 0) is 44.4 Å². The Morgan fingerprint density at radius 1 is 1.21 bits per heavy atom. The summed E-state index contributed by atoms with van der Waals surface area (Å²) in [5.74, 6) is -0.451. The zero-order valence-corrected chi connectivity index (χ0v) is 18.0. The van der Waals surface area contributed by atoms with Gasteiger partial charge in [0, 0.05) is 5.02 Å². The van der Waals surface area contributed by atoms with E-state index in [4.69, 9.17) is 20.8 Å². The normalized spacial score (nSPS) is 13.4. The van der Waals surface area contributed by atoms with Crippen LogP contribution in [0.1, 0.15) is 52.1 Å². The quantitative estimate of drug-likeness (QED) is 0.740. The van der Waals surface area contributed by atoms with Crippen LogP contribution in [-0.2, 0) is 20.3 Å². The summed E-state index contributed by atoms with van der Waals surface area (Å²) < 4.78 is 35.7. The number of nitrogens with one attached hydrogen (secondary N) is 1. The van der Waals surface area contributed by atoms with E-state index in [0.717, 1.165) is 0 Å². The molecule has 1 heterocycles. The molecule has 0 unspecified atom stereocenters. The molecule has 1 atom stereocenters. The van der Waals surface area contributed by atoms with Crippen molar-refractivity contribution < 1.29 is 22.4 Å². The first-order valence-electron chi connectivity index (χ1n) is 8.67. The van der Waals surface area contributed by atoms with Crippen molar-refractivity contribution >= 4 is 27.5 Å². The number of hydrogen-bond acceptors (Lipinski definition) is 7. The molecule has 1 amide bonds. The molecule has 8 nitrogen and oxygen atoms in total. The number of benzene rings is 1. The van der Waals surface area contributed by atoms with Gasteiger partial charge in [-0.25, -0.2) is 13.2 Å². The lowest BCUT2D eigenvalue weighted by atomic mass is 10.1. The fraction of sp³-hybridized carbons (Fsp3) is 0.500. The van der Waals surface area contributed by atoms with E-state index in [9.17, 15) is 13.2 Å². The van der Waals surface area contributed by atoms with Crippen molar-refractivity contribution in [3.8, 4) is 0 Å². The van der Waals surface area contributed by atoms with Crippen LogP contribution >= 0.6 is 11.6 Å². The van der Waals surface area contributed by atoms with E-state index in [1.165, 1.54) is 0 Å². The Morgan fingerprint density at radius 2 is 1.82 bits per heavy atom. The van der Waals surface area contributed by atoms with Crippen LogP contribution in [0.2, 0.25) is 5.02 Å². The van der Waals surface area contributed by atoms with Crippen molar-refractivity contribution in [2.75, 3.05) is 0 Å². The Bertz CT molecular complexity index is 917. The summed E-state index contributed by atoms with van der Waals surface area (Å²) in [6.07, 6.45) is -0.657. The number of nitrogens with zero attached hydrogens (tertiary/aromatic N) is 2. The first-order valence-corrected chi connectivity index (χ1v) is 10.7. The number of halogens is 1. The maximum atomic E-state index is 12.6. The molecule has 1 aromatic carbocycles. The lowest BCUT2D eigenvalue weighted by Gasteiger charge is -2.23. The second-order valence-electron chi connectivity index (χ2n) is 7.66. The van der Waals surface area contributed by atoms with E-state index < -0.39 is 32.8 Å². The molecule has 154 valence electrons. The summed E-state index contributed by atoms with van der Waals surface area (Å²) >= 11 is 5.81. The number of hydrogen-bond donors (Lipinski definition) is 1. The molecule has 2 aromatic rings. The highest BCUT2D eigenvalue weighted by atomic mass is 35.5. The average Bonchev–Trinajstić information content (AvgIpc) is 3.03. The van der Waals surface area contributed by atoms with Gasteiger partial charge < -0.3 is 14.5 Å². The van der Waals surface area contributed by atoms with Crippen molar-refractivity contribution in [1.29, 1.82) is 0 Å². The molecular weight excluding hydrogens is 406 g/mol. The number of ether oxygens (including phenoxy) is 1. The molecule has 0 saturated heterocycles. The van der Waals surface area contributed by atoms with Crippen molar-refractivity contribution in [3.05, 3.63) is 40.7 Å². The summed E-state index contributed by atoms with van der Waals surface area (Å²) in [6.45, 7) is 8.88. The van der Waals surface area contributed by atoms with Crippen LogP contribution in [0.5, 0.6) is 0 Å². The van der Waals surface area contributed by atoms with Gasteiger partial charge in [-0.3, -0.25) is 0 Å². The van der Waals surface area contributed by atoms with Crippen molar-refractivity contribution in [1.82, 2.24) is 15.5 Å². The van der Waals surface area contributed by atoms with Crippen LogP contribution in [-0.4, -0.2) is 30.3 Å². The maximum Gasteiger partial charge on any atom is 0.408 e. The topological polar surface area (TPSA) is 111 Å². The number of carbonyl (C=O) groups is 1. The first-order chi connectivity index (χ1) is 12.9. The monoisotopic (exact) mass is 429 g/mol. The summed E-state index contributed by atoms with van der Waals surface area (Å²) in [7, 11) is -3.85. The van der Waals surface area contributed by atoms with Gasteiger partial charge in [0.1, 0.15) is 11.6 Å². The summed E-state index contributed by atoms with van der Waals surface area (Å²) in [6, 6.07) is 5.73. The van der Waals surface area contributed by atoms with Crippen LogP contribution < -0.4 is 5.32 Å². The highest BCUT2D eigenvalue weighted by Gasteiger charge is 2.30. The van der Waals surface area contributed by atoms with E-state index in [1.54, 1.807) is 45.0 Å². The molecule has 28 heavy (non-hydrogen) atoms. The smallest absolute Gasteiger partial charge is 0.408 e. The Kier molecular flexibility index (Phi) is 6.71. The third-order valence-electron chi connectivity index (χ3n) is 3.56. The molecule has 0 spiro atoms. The minimum atomic E-state index is -3.85. The third kappa shape index (κ3) is 6.20. The number of rotatable bonds is 6. The molecular formula is C18H24ClN3O5S. The van der Waals surface area contributed by atoms with Gasteiger partial charge in [-0.2, -0.15) is 0 Å². The molecule has 10 heteroatoms. The van der Waals surface area contributed by atoms with E-state index >= 15 is 0 Å². The molecule has 0 aliphatic rings. The number of sulfone groups is 1. The van der Waals surface area contributed by atoms with Gasteiger partial charge in [0.25, 0.3) is 0 Å².